The summed E-state index contributed by atoms with van der Waals surface area (Å²) < 4.78 is 32.2. The molecule has 22 heavy (non-hydrogen) atoms. The molecule has 8 nitrogen and oxygen atoms in total. The van der Waals surface area contributed by atoms with Gasteiger partial charge in [0.25, 0.3) is 0 Å². The van der Waals surface area contributed by atoms with Gasteiger partial charge >= 0.3 is 19.7 Å². The summed E-state index contributed by atoms with van der Waals surface area (Å²) in [7, 11) is -1.72. The lowest BCUT2D eigenvalue weighted by molar-refractivity contribution is -0.155. The van der Waals surface area contributed by atoms with E-state index in [2.05, 4.69) is 5.32 Å². The fraction of sp³-hybridized carbons (Fsp3) is 0.846. The number of ether oxygens (including phenoxy) is 2. The van der Waals surface area contributed by atoms with Gasteiger partial charge in [-0.2, -0.15) is 0 Å². The van der Waals surface area contributed by atoms with Crippen molar-refractivity contribution < 1.29 is 32.7 Å². The van der Waals surface area contributed by atoms with Crippen LogP contribution in [0.3, 0.4) is 0 Å². The first-order chi connectivity index (χ1) is 9.74. The molecule has 0 aromatic heterocycles. The SMILES string of the molecule is COP(=O)(OC)C(NC(=O)OC(C)(C)C)C(=O)OC(C)(C)C. The van der Waals surface area contributed by atoms with Crippen molar-refractivity contribution in [3.63, 3.8) is 0 Å². The van der Waals surface area contributed by atoms with Gasteiger partial charge in [-0.15, -0.1) is 0 Å². The summed E-state index contributed by atoms with van der Waals surface area (Å²) in [5, 5.41) is 2.19. The van der Waals surface area contributed by atoms with E-state index in [4.69, 9.17) is 18.5 Å². The zero-order valence-electron chi connectivity index (χ0n) is 14.4. The van der Waals surface area contributed by atoms with E-state index in [1.807, 2.05) is 0 Å². The lowest BCUT2D eigenvalue weighted by Gasteiger charge is -2.28. The van der Waals surface area contributed by atoms with Gasteiger partial charge in [-0.1, -0.05) is 0 Å². The Morgan fingerprint density at radius 2 is 1.32 bits per heavy atom. The second-order valence-electron chi connectivity index (χ2n) is 6.49. The smallest absolute Gasteiger partial charge is 0.408 e. The standard InChI is InChI=1S/C13H26NO7P/c1-12(2,3)20-10(15)9(22(17,18-7)19-8)14-11(16)21-13(4,5)6/h9H,1-8H3,(H,14,16). The molecule has 130 valence electrons. The second-order valence-corrected chi connectivity index (χ2v) is 8.81. The Morgan fingerprint density at radius 1 is 0.909 bits per heavy atom. The molecule has 0 aliphatic carbocycles. The van der Waals surface area contributed by atoms with Crippen molar-refractivity contribution in [2.75, 3.05) is 14.2 Å². The Hall–Kier alpha value is -1.11. The first-order valence-corrected chi connectivity index (χ1v) is 8.29. The van der Waals surface area contributed by atoms with Crippen LogP contribution >= 0.6 is 7.60 Å². The number of nitrogens with one attached hydrogen (secondary N) is 1. The second kappa shape index (κ2) is 7.44. The van der Waals surface area contributed by atoms with Gasteiger partial charge in [0.05, 0.1) is 0 Å². The maximum atomic E-state index is 12.5. The minimum atomic E-state index is -3.94. The zero-order chi connectivity index (χ0) is 17.8. The molecule has 0 aromatic carbocycles. The molecule has 0 aliphatic heterocycles. The summed E-state index contributed by atoms with van der Waals surface area (Å²) >= 11 is 0. The van der Waals surface area contributed by atoms with E-state index in [0.29, 0.717) is 0 Å². The molecule has 0 heterocycles. The van der Waals surface area contributed by atoms with E-state index in [-0.39, 0.29) is 0 Å². The highest BCUT2D eigenvalue weighted by molar-refractivity contribution is 7.55. The normalized spacial score (nSPS) is 14.2. The fourth-order valence-electron chi connectivity index (χ4n) is 1.33. The Labute approximate surface area is 131 Å². The molecule has 0 spiro atoms. The molecule has 0 saturated carbocycles. The molecular formula is C13H26NO7P. The highest BCUT2D eigenvalue weighted by atomic mass is 31.2. The number of rotatable bonds is 5. The Bertz CT molecular complexity index is 442. The van der Waals surface area contributed by atoms with Gasteiger partial charge in [0.2, 0.25) is 5.78 Å². The summed E-state index contributed by atoms with van der Waals surface area (Å²) in [6, 6.07) is 0. The largest absolute Gasteiger partial charge is 0.458 e. The van der Waals surface area contributed by atoms with Gasteiger partial charge in [-0.3, -0.25) is 9.88 Å². The van der Waals surface area contributed by atoms with Crippen LogP contribution in [0.4, 0.5) is 4.79 Å². The average molecular weight is 339 g/mol. The van der Waals surface area contributed by atoms with Gasteiger partial charge in [0.1, 0.15) is 11.2 Å². The van der Waals surface area contributed by atoms with Crippen molar-refractivity contribution in [2.24, 2.45) is 0 Å². The van der Waals surface area contributed by atoms with Crippen LogP contribution < -0.4 is 5.32 Å². The lowest BCUT2D eigenvalue weighted by Crippen LogP contribution is -2.46. The summed E-state index contributed by atoms with van der Waals surface area (Å²) in [4.78, 5) is 24.0. The van der Waals surface area contributed by atoms with Crippen molar-refractivity contribution in [2.45, 2.75) is 58.5 Å². The van der Waals surface area contributed by atoms with Crippen molar-refractivity contribution in [3.8, 4) is 0 Å². The molecule has 1 unspecified atom stereocenters. The summed E-state index contributed by atoms with van der Waals surface area (Å²) in [5.74, 6) is -2.57. The quantitative estimate of drug-likeness (QED) is 0.607. The number of hydrogen-bond acceptors (Lipinski definition) is 7. The topological polar surface area (TPSA) is 100 Å². The molecule has 0 fully saturated rings. The number of esters is 1. The van der Waals surface area contributed by atoms with Crippen LogP contribution in [0.25, 0.3) is 0 Å². The zero-order valence-corrected chi connectivity index (χ0v) is 15.3. The Kier molecular flexibility index (Phi) is 7.06. The summed E-state index contributed by atoms with van der Waals surface area (Å²) in [5.41, 5.74) is -1.62. The van der Waals surface area contributed by atoms with E-state index in [0.717, 1.165) is 14.2 Å². The number of carbonyl (C=O) groups excluding carboxylic acids is 2. The van der Waals surface area contributed by atoms with Crippen LogP contribution in [0.5, 0.6) is 0 Å². The van der Waals surface area contributed by atoms with Crippen LogP contribution in [-0.2, 0) is 27.9 Å². The summed E-state index contributed by atoms with van der Waals surface area (Å²) in [6.45, 7) is 9.88. The number of hydrogen-bond donors (Lipinski definition) is 1. The molecule has 1 N–H and O–H groups in total. The molecule has 0 radical (unpaired) electrons. The molecule has 0 bridgehead atoms. The van der Waals surface area contributed by atoms with E-state index >= 15 is 0 Å². The molecule has 0 aromatic rings. The third-order valence-electron chi connectivity index (χ3n) is 2.11. The highest BCUT2D eigenvalue weighted by Crippen LogP contribution is 2.51. The predicted molar refractivity (Wildman–Crippen MR) is 80.6 cm³/mol. The molecule has 0 aliphatic rings. The van der Waals surface area contributed by atoms with Gasteiger partial charge in [-0.25, -0.2) is 9.59 Å². The lowest BCUT2D eigenvalue weighted by atomic mass is 10.2. The maximum Gasteiger partial charge on any atom is 0.408 e. The average Bonchev–Trinajstić information content (AvgIpc) is 2.30. The fourth-order valence-corrected chi connectivity index (χ4v) is 2.47. The first kappa shape index (κ1) is 20.9. The minimum Gasteiger partial charge on any atom is -0.458 e. The Balaban J connectivity index is 5.32. The molecular weight excluding hydrogens is 313 g/mol. The third kappa shape index (κ3) is 7.24. The number of carbonyl (C=O) groups is 2. The van der Waals surface area contributed by atoms with Crippen molar-refractivity contribution >= 4 is 19.7 Å². The molecule has 0 rings (SSSR count). The molecule has 9 heteroatoms. The van der Waals surface area contributed by atoms with E-state index in [1.54, 1.807) is 41.5 Å². The number of alkyl carbamates (subject to hydrolysis) is 1. The molecule has 1 atom stereocenters. The van der Waals surface area contributed by atoms with Crippen LogP contribution in [-0.4, -0.2) is 43.3 Å². The van der Waals surface area contributed by atoms with Crippen molar-refractivity contribution in [1.29, 1.82) is 0 Å². The molecule has 1 amide bonds. The van der Waals surface area contributed by atoms with E-state index in [1.165, 1.54) is 0 Å². The van der Waals surface area contributed by atoms with Crippen LogP contribution in [0.15, 0.2) is 0 Å². The van der Waals surface area contributed by atoms with Crippen molar-refractivity contribution in [1.82, 2.24) is 5.32 Å². The van der Waals surface area contributed by atoms with Crippen molar-refractivity contribution in [3.05, 3.63) is 0 Å². The van der Waals surface area contributed by atoms with Crippen LogP contribution in [0, 0.1) is 0 Å². The van der Waals surface area contributed by atoms with Crippen LogP contribution in [0.1, 0.15) is 41.5 Å². The number of amides is 1. The predicted octanol–water partition coefficient (Wildman–Crippen LogP) is 2.66. The van der Waals surface area contributed by atoms with Gasteiger partial charge in [-0.05, 0) is 41.5 Å². The van der Waals surface area contributed by atoms with Gasteiger partial charge < -0.3 is 18.5 Å². The van der Waals surface area contributed by atoms with E-state index in [9.17, 15) is 14.2 Å². The monoisotopic (exact) mass is 339 g/mol. The van der Waals surface area contributed by atoms with Gasteiger partial charge in [0.15, 0.2) is 0 Å². The summed E-state index contributed by atoms with van der Waals surface area (Å²) in [6.07, 6.45) is -0.933. The minimum absolute atomic E-state index is 0.785. The van der Waals surface area contributed by atoms with Crippen LogP contribution in [0.2, 0.25) is 0 Å². The third-order valence-corrected chi connectivity index (χ3v) is 4.10. The molecule has 0 saturated heterocycles. The van der Waals surface area contributed by atoms with E-state index < -0.39 is 36.6 Å². The highest BCUT2D eigenvalue weighted by Gasteiger charge is 2.44. The maximum absolute atomic E-state index is 12.5. The van der Waals surface area contributed by atoms with Gasteiger partial charge in [0, 0.05) is 14.2 Å². The first-order valence-electron chi connectivity index (χ1n) is 6.67. The Morgan fingerprint density at radius 3 is 1.64 bits per heavy atom.